The normalized spacial score (nSPS) is 43.2. The van der Waals surface area contributed by atoms with E-state index in [1.807, 2.05) is 0 Å². The van der Waals surface area contributed by atoms with Crippen molar-refractivity contribution < 1.29 is 16.8 Å². The Balaban J connectivity index is 1.26. The summed E-state index contributed by atoms with van der Waals surface area (Å²) < 4.78 is 54.6. The predicted molar refractivity (Wildman–Crippen MR) is 158 cm³/mol. The van der Waals surface area contributed by atoms with Gasteiger partial charge in [0.15, 0.2) is 19.7 Å². The van der Waals surface area contributed by atoms with Crippen LogP contribution < -0.4 is 0 Å². The zero-order chi connectivity index (χ0) is 26.8. The van der Waals surface area contributed by atoms with E-state index in [0.29, 0.717) is 0 Å². The van der Waals surface area contributed by atoms with E-state index >= 15 is 0 Å². The van der Waals surface area contributed by atoms with Gasteiger partial charge in [-0.25, -0.2) is 16.8 Å². The van der Waals surface area contributed by atoms with Crippen molar-refractivity contribution in [3.63, 3.8) is 0 Å². The Labute approximate surface area is 234 Å². The molecule has 0 radical (unpaired) electrons. The fourth-order valence-electron chi connectivity index (χ4n) is 9.93. The minimum atomic E-state index is -3.07. The highest BCUT2D eigenvalue weighted by molar-refractivity contribution is 7.94. The minimum absolute atomic E-state index is 0.428. The molecule has 5 aliphatic heterocycles. The second kappa shape index (κ2) is 11.6. The molecule has 0 unspecified atom stereocenters. The lowest BCUT2D eigenvalue weighted by Crippen LogP contribution is -2.43. The minimum Gasteiger partial charge on any atom is -0.228 e. The maximum absolute atomic E-state index is 14.1. The lowest BCUT2D eigenvalue weighted by Gasteiger charge is -2.33. The molecule has 0 spiro atoms. The Hall–Kier alpha value is -0.100. The zero-order valence-electron chi connectivity index (χ0n) is 24.2. The van der Waals surface area contributed by atoms with E-state index in [1.54, 1.807) is 0 Å². The van der Waals surface area contributed by atoms with E-state index < -0.39 is 38.7 Å². The summed E-state index contributed by atoms with van der Waals surface area (Å²) in [5.41, 5.74) is 0. The largest absolute Gasteiger partial charge is 0.228 e. The van der Waals surface area contributed by atoms with Crippen LogP contribution in [0.3, 0.4) is 0 Å². The van der Waals surface area contributed by atoms with Crippen LogP contribution in [0, 0.1) is 0 Å². The van der Waals surface area contributed by atoms with Crippen molar-refractivity contribution in [3.8, 4) is 0 Å². The van der Waals surface area contributed by atoms with E-state index in [9.17, 15) is 16.8 Å². The molecule has 0 saturated carbocycles. The van der Waals surface area contributed by atoms with Crippen LogP contribution in [0.1, 0.15) is 180 Å². The highest BCUT2D eigenvalue weighted by atomic mass is 32.2. The monoisotopic (exact) mass is 568 g/mol. The first kappa shape index (κ1) is 29.4. The third-order valence-electron chi connectivity index (χ3n) is 12.4. The van der Waals surface area contributed by atoms with Crippen molar-refractivity contribution in [3.05, 3.63) is 0 Å². The van der Waals surface area contributed by atoms with Gasteiger partial charge in [-0.2, -0.15) is 0 Å². The first-order chi connectivity index (χ1) is 18.2. The Bertz CT molecular complexity index is 870. The number of rotatable bonds is 0. The molecular formula is C32H56O4S2. The molecule has 0 aromatic heterocycles. The molecule has 0 N–H and O–H groups in total. The van der Waals surface area contributed by atoms with Crippen molar-refractivity contribution in [2.45, 2.75) is 199 Å². The molecule has 0 aromatic rings. The summed E-state index contributed by atoms with van der Waals surface area (Å²) in [6.45, 7) is 0. The van der Waals surface area contributed by atoms with Crippen molar-refractivity contribution in [1.82, 2.24) is 0 Å². The molecule has 220 valence electrons. The molecule has 5 rings (SSSR count). The average molecular weight is 569 g/mol. The van der Waals surface area contributed by atoms with Crippen molar-refractivity contribution in [2.75, 3.05) is 0 Å². The van der Waals surface area contributed by atoms with Crippen LogP contribution in [0.4, 0.5) is 0 Å². The first-order valence-electron chi connectivity index (χ1n) is 16.7. The summed E-state index contributed by atoms with van der Waals surface area (Å²) in [6.07, 6.45) is 28.4. The topological polar surface area (TPSA) is 68.3 Å². The summed E-state index contributed by atoms with van der Waals surface area (Å²) >= 11 is 0. The maximum atomic E-state index is 14.1. The van der Waals surface area contributed by atoms with Gasteiger partial charge in [-0.1, -0.05) is 103 Å². The maximum Gasteiger partial charge on any atom is 0.161 e. The summed E-state index contributed by atoms with van der Waals surface area (Å²) in [4.78, 5) is 0. The van der Waals surface area contributed by atoms with Crippen molar-refractivity contribution in [2.24, 2.45) is 0 Å². The number of hydrogen-bond acceptors (Lipinski definition) is 4. The second-order valence-corrected chi connectivity index (χ2v) is 19.9. The van der Waals surface area contributed by atoms with Gasteiger partial charge in [0.1, 0.15) is 0 Å². The molecule has 0 aromatic carbocycles. The zero-order valence-corrected chi connectivity index (χ0v) is 25.9. The number of sulfone groups is 2. The standard InChI is InChI=1S/C32H56O4S2/c33-37(34)29-17-9-5-1-2-6-10-18-30-22-15-16-24-32(28-27-30,38(30,35)36)20-12-8-4-3-7-11-19-31(37,26-25-29)23-14-13-21-29/h1-28H2/t29-,30-,31+,32+. The van der Waals surface area contributed by atoms with Gasteiger partial charge in [-0.3, -0.25) is 0 Å². The third-order valence-corrected chi connectivity index (χ3v) is 19.4. The molecule has 5 fully saturated rings. The fraction of sp³-hybridized carbons (Fsp3) is 1.00. The van der Waals surface area contributed by atoms with E-state index in [2.05, 4.69) is 0 Å². The molecule has 4 bridgehead atoms. The van der Waals surface area contributed by atoms with Gasteiger partial charge in [-0.05, 0) is 77.0 Å². The molecule has 4 atom stereocenters. The van der Waals surface area contributed by atoms with Gasteiger partial charge >= 0.3 is 0 Å². The third kappa shape index (κ3) is 4.96. The number of hydrogen-bond donors (Lipinski definition) is 0. The Morgan fingerprint density at radius 2 is 0.395 bits per heavy atom. The predicted octanol–water partition coefficient (Wildman–Crippen LogP) is 8.76. The van der Waals surface area contributed by atoms with Crippen molar-refractivity contribution in [1.29, 1.82) is 0 Å². The molecule has 5 saturated heterocycles. The Morgan fingerprint density at radius 1 is 0.237 bits per heavy atom. The molecule has 38 heavy (non-hydrogen) atoms. The Kier molecular flexibility index (Phi) is 9.01. The molecular weight excluding hydrogens is 512 g/mol. The summed E-state index contributed by atoms with van der Waals surface area (Å²) in [7, 11) is -6.15. The quantitative estimate of drug-likeness (QED) is 0.293. The van der Waals surface area contributed by atoms with Crippen LogP contribution in [0.25, 0.3) is 0 Å². The van der Waals surface area contributed by atoms with E-state index in [1.165, 1.54) is 0 Å². The molecule has 5 aliphatic rings. The van der Waals surface area contributed by atoms with Gasteiger partial charge in [0.05, 0.1) is 19.0 Å². The van der Waals surface area contributed by atoms with Gasteiger partial charge in [-0.15, -0.1) is 0 Å². The van der Waals surface area contributed by atoms with E-state index in [-0.39, 0.29) is 0 Å². The SMILES string of the molecule is O=S1(=O)[C@@]23CCCCCCCC[C@]45CCCC[C@](CCCCCCCC[C@@]1(CCCC2)CC3)(CC4)S5(=O)=O. The lowest BCUT2D eigenvalue weighted by atomic mass is 9.81. The van der Waals surface area contributed by atoms with Gasteiger partial charge in [0.25, 0.3) is 0 Å². The molecule has 4 nitrogen and oxygen atoms in total. The fourth-order valence-corrected chi connectivity index (χ4v) is 16.6. The first-order valence-corrected chi connectivity index (χ1v) is 19.7. The van der Waals surface area contributed by atoms with Gasteiger partial charge in [0.2, 0.25) is 0 Å². The summed E-state index contributed by atoms with van der Waals surface area (Å²) in [5.74, 6) is 0. The molecule has 6 heteroatoms. The molecule has 0 aliphatic carbocycles. The Morgan fingerprint density at radius 3 is 0.605 bits per heavy atom. The van der Waals surface area contributed by atoms with Crippen LogP contribution in [-0.2, 0) is 19.7 Å². The van der Waals surface area contributed by atoms with E-state index in [0.717, 1.165) is 180 Å². The average Bonchev–Trinajstić information content (AvgIpc) is 3.10. The lowest BCUT2D eigenvalue weighted by molar-refractivity contribution is 0.360. The van der Waals surface area contributed by atoms with Crippen molar-refractivity contribution >= 4 is 19.7 Å². The van der Waals surface area contributed by atoms with E-state index in [4.69, 9.17) is 0 Å². The second-order valence-electron chi connectivity index (χ2n) is 14.4. The van der Waals surface area contributed by atoms with Crippen LogP contribution in [0.5, 0.6) is 0 Å². The summed E-state index contributed by atoms with van der Waals surface area (Å²) in [5, 5.41) is 0. The highest BCUT2D eigenvalue weighted by Crippen LogP contribution is 2.57. The van der Waals surface area contributed by atoms with Gasteiger partial charge in [0, 0.05) is 0 Å². The van der Waals surface area contributed by atoms with Crippen LogP contribution in [0.2, 0.25) is 0 Å². The van der Waals surface area contributed by atoms with Crippen LogP contribution >= 0.6 is 0 Å². The van der Waals surface area contributed by atoms with Crippen LogP contribution in [0.15, 0.2) is 0 Å². The van der Waals surface area contributed by atoms with Gasteiger partial charge < -0.3 is 0 Å². The molecule has 0 amide bonds. The molecule has 5 heterocycles. The highest BCUT2D eigenvalue weighted by Gasteiger charge is 2.62. The van der Waals surface area contributed by atoms with Crippen LogP contribution in [-0.4, -0.2) is 35.8 Å². The summed E-state index contributed by atoms with van der Waals surface area (Å²) in [6, 6.07) is 0. The smallest absolute Gasteiger partial charge is 0.161 e.